The smallest absolute Gasteiger partial charge is 0.253 e. The quantitative estimate of drug-likeness (QED) is 0.624. The molecule has 0 bridgehead atoms. The van der Waals surface area contributed by atoms with Gasteiger partial charge in [0.25, 0.3) is 10.9 Å². The molecule has 0 aromatic heterocycles. The molecule has 17 heavy (non-hydrogen) atoms. The summed E-state index contributed by atoms with van der Waals surface area (Å²) < 4.78 is 0. The molecule has 1 rings (SSSR count). The highest BCUT2D eigenvalue weighted by Crippen LogP contribution is 2.22. The molecule has 0 heterocycles. The van der Waals surface area contributed by atoms with Crippen molar-refractivity contribution in [2.45, 2.75) is 40.0 Å². The van der Waals surface area contributed by atoms with Crippen LogP contribution < -0.4 is 21.5 Å². The van der Waals surface area contributed by atoms with Gasteiger partial charge in [0.2, 0.25) is 0 Å². The third-order valence-corrected chi connectivity index (χ3v) is 2.97. The van der Waals surface area contributed by atoms with Crippen molar-refractivity contribution < 1.29 is 0 Å². The second-order valence-electron chi connectivity index (χ2n) is 5.86. The lowest BCUT2D eigenvalue weighted by atomic mass is 9.90. The van der Waals surface area contributed by atoms with Gasteiger partial charge >= 0.3 is 0 Å². The monoisotopic (exact) mass is 238 g/mol. The number of nitrogen functional groups attached to an aromatic ring is 1. The maximum atomic E-state index is 11.3. The molecule has 0 saturated heterocycles. The van der Waals surface area contributed by atoms with Crippen LogP contribution in [-0.2, 0) is 0 Å². The second kappa shape index (κ2) is 4.90. The number of rotatable bonds is 5. The first-order valence-corrected chi connectivity index (χ1v) is 6.04. The first-order valence-electron chi connectivity index (χ1n) is 6.04. The SMILES string of the molecule is CN(CCCCC(C)(C)C)c1c(N)c(=O)c1=O. The van der Waals surface area contributed by atoms with Crippen molar-refractivity contribution >= 4 is 11.4 Å². The lowest BCUT2D eigenvalue weighted by molar-refractivity contribution is 0.361. The van der Waals surface area contributed by atoms with E-state index in [2.05, 4.69) is 20.8 Å². The third-order valence-electron chi connectivity index (χ3n) is 2.97. The molecule has 1 aromatic rings. The van der Waals surface area contributed by atoms with E-state index in [-0.39, 0.29) is 5.69 Å². The third kappa shape index (κ3) is 3.32. The normalized spacial score (nSPS) is 12.0. The maximum absolute atomic E-state index is 11.3. The van der Waals surface area contributed by atoms with E-state index in [4.69, 9.17) is 5.73 Å². The van der Waals surface area contributed by atoms with Gasteiger partial charge in [0.05, 0.1) is 0 Å². The van der Waals surface area contributed by atoms with Crippen molar-refractivity contribution in [3.63, 3.8) is 0 Å². The van der Waals surface area contributed by atoms with Gasteiger partial charge < -0.3 is 10.6 Å². The van der Waals surface area contributed by atoms with Gasteiger partial charge in [-0.05, 0) is 18.3 Å². The van der Waals surface area contributed by atoms with Crippen molar-refractivity contribution in [1.29, 1.82) is 0 Å². The van der Waals surface area contributed by atoms with E-state index >= 15 is 0 Å². The molecule has 0 aliphatic heterocycles. The molecule has 96 valence electrons. The van der Waals surface area contributed by atoms with Gasteiger partial charge in [-0.3, -0.25) is 9.59 Å². The molecule has 2 N–H and O–H groups in total. The van der Waals surface area contributed by atoms with E-state index in [1.54, 1.807) is 4.90 Å². The van der Waals surface area contributed by atoms with E-state index in [0.29, 0.717) is 11.1 Å². The van der Waals surface area contributed by atoms with Crippen LogP contribution >= 0.6 is 0 Å². The Bertz CT molecular complexity index is 450. The minimum absolute atomic E-state index is 0.119. The zero-order valence-electron chi connectivity index (χ0n) is 11.2. The molecule has 1 aromatic carbocycles. The van der Waals surface area contributed by atoms with E-state index in [1.807, 2.05) is 7.05 Å². The van der Waals surface area contributed by atoms with Gasteiger partial charge in [-0.1, -0.05) is 27.2 Å². The van der Waals surface area contributed by atoms with Crippen molar-refractivity contribution in [2.24, 2.45) is 5.41 Å². The molecule has 0 unspecified atom stereocenters. The van der Waals surface area contributed by atoms with Crippen molar-refractivity contribution in [3.05, 3.63) is 20.4 Å². The van der Waals surface area contributed by atoms with Gasteiger partial charge in [0.1, 0.15) is 11.4 Å². The van der Waals surface area contributed by atoms with Crippen LogP contribution in [0.1, 0.15) is 40.0 Å². The lowest BCUT2D eigenvalue weighted by Crippen LogP contribution is -2.41. The Balaban J connectivity index is 2.40. The van der Waals surface area contributed by atoms with Crippen LogP contribution in [-0.4, -0.2) is 13.6 Å². The van der Waals surface area contributed by atoms with Gasteiger partial charge in [-0.15, -0.1) is 0 Å². The molecule has 0 radical (unpaired) electrons. The topological polar surface area (TPSA) is 63.4 Å². The minimum Gasteiger partial charge on any atom is -0.394 e. The van der Waals surface area contributed by atoms with Crippen LogP contribution in [0.2, 0.25) is 0 Å². The standard InChI is InChI=1S/C13H22N2O2/c1-13(2,3)7-5-6-8-15(4)10-9(14)11(16)12(10)17/h5-8,14H2,1-4H3. The summed E-state index contributed by atoms with van der Waals surface area (Å²) >= 11 is 0. The molecule has 0 amide bonds. The summed E-state index contributed by atoms with van der Waals surface area (Å²) in [7, 11) is 1.81. The summed E-state index contributed by atoms with van der Waals surface area (Å²) in [6.45, 7) is 7.41. The summed E-state index contributed by atoms with van der Waals surface area (Å²) in [6.07, 6.45) is 3.28. The first kappa shape index (κ1) is 13.7. The van der Waals surface area contributed by atoms with E-state index in [0.717, 1.165) is 25.8 Å². The number of unbranched alkanes of at least 4 members (excludes halogenated alkanes) is 1. The molecule has 0 fully saturated rings. The molecular weight excluding hydrogens is 216 g/mol. The fourth-order valence-corrected chi connectivity index (χ4v) is 1.89. The van der Waals surface area contributed by atoms with E-state index in [9.17, 15) is 9.59 Å². The minimum atomic E-state index is -0.540. The zero-order valence-corrected chi connectivity index (χ0v) is 11.2. The Morgan fingerprint density at radius 3 is 2.18 bits per heavy atom. The number of hydrogen-bond acceptors (Lipinski definition) is 4. The Labute approximate surface area is 102 Å². The number of anilines is 2. The highest BCUT2D eigenvalue weighted by Gasteiger charge is 2.21. The number of hydrogen-bond donors (Lipinski definition) is 1. The summed E-state index contributed by atoms with van der Waals surface area (Å²) in [4.78, 5) is 24.0. The molecular formula is C13H22N2O2. The van der Waals surface area contributed by atoms with Crippen molar-refractivity contribution in [3.8, 4) is 0 Å². The molecule has 0 spiro atoms. The predicted molar refractivity (Wildman–Crippen MR) is 72.3 cm³/mol. The summed E-state index contributed by atoms with van der Waals surface area (Å²) in [5.74, 6) is 0. The van der Waals surface area contributed by atoms with Crippen LogP contribution in [0.3, 0.4) is 0 Å². The number of nitrogens with two attached hydrogens (primary N) is 1. The van der Waals surface area contributed by atoms with Crippen molar-refractivity contribution in [1.82, 2.24) is 0 Å². The molecule has 0 aliphatic rings. The summed E-state index contributed by atoms with van der Waals surface area (Å²) in [5, 5.41) is 0. The highest BCUT2D eigenvalue weighted by atomic mass is 16.2. The zero-order chi connectivity index (χ0) is 13.2. The second-order valence-corrected chi connectivity index (χ2v) is 5.86. The van der Waals surface area contributed by atoms with Gasteiger partial charge in [-0.2, -0.15) is 0 Å². The van der Waals surface area contributed by atoms with Crippen LogP contribution in [0.25, 0.3) is 0 Å². The molecule has 0 aliphatic carbocycles. The van der Waals surface area contributed by atoms with Crippen molar-refractivity contribution in [2.75, 3.05) is 24.2 Å². The fraction of sp³-hybridized carbons (Fsp3) is 0.692. The average Bonchev–Trinajstić information content (AvgIpc) is 2.23. The summed E-state index contributed by atoms with van der Waals surface area (Å²) in [6, 6.07) is 0. The maximum Gasteiger partial charge on any atom is 0.253 e. The van der Waals surface area contributed by atoms with Crippen LogP contribution in [0.15, 0.2) is 9.59 Å². The largest absolute Gasteiger partial charge is 0.394 e. The highest BCUT2D eigenvalue weighted by molar-refractivity contribution is 5.72. The van der Waals surface area contributed by atoms with Crippen LogP contribution in [0, 0.1) is 5.41 Å². The number of nitrogens with zero attached hydrogens (tertiary/aromatic N) is 1. The fourth-order valence-electron chi connectivity index (χ4n) is 1.89. The molecule has 4 heteroatoms. The van der Waals surface area contributed by atoms with E-state index < -0.39 is 10.9 Å². The lowest BCUT2D eigenvalue weighted by Gasteiger charge is -2.22. The molecule has 0 atom stereocenters. The van der Waals surface area contributed by atoms with Crippen LogP contribution in [0.4, 0.5) is 11.4 Å². The Morgan fingerprint density at radius 1 is 1.12 bits per heavy atom. The van der Waals surface area contributed by atoms with E-state index in [1.165, 1.54) is 0 Å². The Hall–Kier alpha value is -1.32. The summed E-state index contributed by atoms with van der Waals surface area (Å²) in [5.41, 5.74) is 5.37. The Morgan fingerprint density at radius 2 is 1.71 bits per heavy atom. The predicted octanol–water partition coefficient (Wildman–Crippen LogP) is 1.52. The van der Waals surface area contributed by atoms with Gasteiger partial charge in [0.15, 0.2) is 0 Å². The molecule has 0 saturated carbocycles. The first-order chi connectivity index (χ1) is 7.74. The van der Waals surface area contributed by atoms with Gasteiger partial charge in [0, 0.05) is 13.6 Å². The van der Waals surface area contributed by atoms with Crippen LogP contribution in [0.5, 0.6) is 0 Å². The average molecular weight is 238 g/mol. The Kier molecular flexibility index (Phi) is 3.96. The molecule has 4 nitrogen and oxygen atoms in total. The van der Waals surface area contributed by atoms with Gasteiger partial charge in [-0.25, -0.2) is 0 Å².